The van der Waals surface area contributed by atoms with Crippen LogP contribution in [0.15, 0.2) is 66.7 Å². The van der Waals surface area contributed by atoms with Gasteiger partial charge < -0.3 is 14.8 Å². The van der Waals surface area contributed by atoms with Gasteiger partial charge in [0.25, 0.3) is 0 Å². The summed E-state index contributed by atoms with van der Waals surface area (Å²) in [4.78, 5) is 18.1. The molecule has 0 bridgehead atoms. The zero-order valence-electron chi connectivity index (χ0n) is 19.2. The lowest BCUT2D eigenvalue weighted by molar-refractivity contribution is 0.254. The predicted octanol–water partition coefficient (Wildman–Crippen LogP) is 5.76. The van der Waals surface area contributed by atoms with Gasteiger partial charge in [-0.1, -0.05) is 37.3 Å². The molecule has 1 amide bonds. The zero-order chi connectivity index (χ0) is 24.1. The van der Waals surface area contributed by atoms with Crippen LogP contribution >= 0.6 is 0 Å². The number of fused-ring (bicyclic) bond motifs is 1. The van der Waals surface area contributed by atoms with Crippen molar-refractivity contribution in [3.05, 3.63) is 83.7 Å². The van der Waals surface area contributed by atoms with Gasteiger partial charge in [0.05, 0.1) is 30.8 Å². The minimum absolute atomic E-state index is 0.210. The summed E-state index contributed by atoms with van der Waals surface area (Å²) in [5.41, 5.74) is 3.78. The Balaban J connectivity index is 1.86. The van der Waals surface area contributed by atoms with Gasteiger partial charge in [0.15, 0.2) is 5.82 Å². The lowest BCUT2D eigenvalue weighted by atomic mass is 10.1. The summed E-state index contributed by atoms with van der Waals surface area (Å²) >= 11 is 0. The monoisotopic (exact) mass is 452 g/mol. The van der Waals surface area contributed by atoms with E-state index in [9.17, 15) is 10.1 Å². The molecule has 7 heteroatoms. The lowest BCUT2D eigenvalue weighted by Crippen LogP contribution is -2.22. The number of hydrogen-bond donors (Lipinski definition) is 1. The summed E-state index contributed by atoms with van der Waals surface area (Å²) in [6, 6.07) is 22.0. The number of aromatic nitrogens is 2. The first-order valence-electron chi connectivity index (χ1n) is 10.8. The highest BCUT2D eigenvalue weighted by molar-refractivity contribution is 6.02. The van der Waals surface area contributed by atoms with Gasteiger partial charge in [-0.2, -0.15) is 5.26 Å². The second kappa shape index (κ2) is 9.92. The number of para-hydroxylation sites is 3. The van der Waals surface area contributed by atoms with Crippen molar-refractivity contribution in [2.75, 3.05) is 19.5 Å². The van der Waals surface area contributed by atoms with Crippen LogP contribution in [0, 0.1) is 11.3 Å². The molecule has 1 N–H and O–H groups in total. The maximum Gasteiger partial charge on any atom is 0.332 e. The van der Waals surface area contributed by atoms with Crippen LogP contribution in [0.25, 0.3) is 22.7 Å². The summed E-state index contributed by atoms with van der Waals surface area (Å²) in [6.45, 7) is 2.03. The van der Waals surface area contributed by atoms with Gasteiger partial charge in [-0.3, -0.25) is 0 Å². The summed E-state index contributed by atoms with van der Waals surface area (Å²) in [6.07, 6.45) is 2.42. The molecule has 4 rings (SSSR count). The summed E-state index contributed by atoms with van der Waals surface area (Å²) in [5.74, 6) is 1.42. The highest BCUT2D eigenvalue weighted by atomic mass is 16.5. The molecular formula is C27H24N4O3. The van der Waals surface area contributed by atoms with E-state index in [1.54, 1.807) is 44.6 Å². The molecule has 0 aliphatic carbocycles. The molecule has 7 nitrogen and oxygen atoms in total. The largest absolute Gasteiger partial charge is 0.497 e. The number of carbonyl (C=O) groups excluding carboxylic acids is 1. The smallest absolute Gasteiger partial charge is 0.332 e. The molecule has 0 unspecified atom stereocenters. The van der Waals surface area contributed by atoms with Crippen molar-refractivity contribution in [2.24, 2.45) is 0 Å². The van der Waals surface area contributed by atoms with Crippen molar-refractivity contribution in [3.63, 3.8) is 0 Å². The average Bonchev–Trinajstić information content (AvgIpc) is 3.27. The standard InChI is InChI=1S/C27H24N4O3/c1-4-18-9-5-6-10-22(18)30-27(32)31-24-12-8-7-11-23(24)29-26(31)20(17-28)15-19-16-21(33-2)13-14-25(19)34-3/h5-16H,4H2,1-3H3,(H,30,32)/b20-15+. The van der Waals surface area contributed by atoms with Gasteiger partial charge in [-0.15, -0.1) is 0 Å². The molecule has 1 aromatic heterocycles. The fourth-order valence-electron chi connectivity index (χ4n) is 3.79. The molecule has 0 aliphatic heterocycles. The highest BCUT2D eigenvalue weighted by Gasteiger charge is 2.21. The maximum absolute atomic E-state index is 13.5. The van der Waals surface area contributed by atoms with E-state index in [0.717, 1.165) is 17.7 Å². The Morgan fingerprint density at radius 3 is 2.59 bits per heavy atom. The van der Waals surface area contributed by atoms with Gasteiger partial charge in [0.2, 0.25) is 0 Å². The van der Waals surface area contributed by atoms with Gasteiger partial charge in [-0.25, -0.2) is 14.3 Å². The third-order valence-electron chi connectivity index (χ3n) is 5.50. The van der Waals surface area contributed by atoms with Crippen molar-refractivity contribution >= 4 is 34.4 Å². The summed E-state index contributed by atoms with van der Waals surface area (Å²) in [7, 11) is 3.12. The van der Waals surface area contributed by atoms with Crippen LogP contribution in [0.2, 0.25) is 0 Å². The minimum Gasteiger partial charge on any atom is -0.497 e. The molecule has 0 saturated heterocycles. The first kappa shape index (κ1) is 22.6. The quantitative estimate of drug-likeness (QED) is 0.376. The Bertz CT molecular complexity index is 1430. The molecule has 0 saturated carbocycles. The zero-order valence-corrected chi connectivity index (χ0v) is 19.2. The number of aryl methyl sites for hydroxylation is 1. The van der Waals surface area contributed by atoms with Crippen LogP contribution in [0.1, 0.15) is 23.9 Å². The number of imidazole rings is 1. The fourth-order valence-corrected chi connectivity index (χ4v) is 3.79. The lowest BCUT2D eigenvalue weighted by Gasteiger charge is -2.13. The number of nitrogens with one attached hydrogen (secondary N) is 1. The van der Waals surface area contributed by atoms with Crippen molar-refractivity contribution in [3.8, 4) is 17.6 Å². The Hall–Kier alpha value is -4.57. The normalized spacial score (nSPS) is 11.2. The molecular weight excluding hydrogens is 428 g/mol. The van der Waals surface area contributed by atoms with E-state index in [4.69, 9.17) is 9.47 Å². The van der Waals surface area contributed by atoms with E-state index < -0.39 is 6.03 Å². The number of hydrogen-bond acceptors (Lipinski definition) is 5. The van der Waals surface area contributed by atoms with Crippen LogP contribution in [0.4, 0.5) is 10.5 Å². The Kier molecular flexibility index (Phi) is 6.60. The molecule has 34 heavy (non-hydrogen) atoms. The first-order valence-corrected chi connectivity index (χ1v) is 10.8. The maximum atomic E-state index is 13.5. The minimum atomic E-state index is -0.400. The van der Waals surface area contributed by atoms with Crippen molar-refractivity contribution in [1.29, 1.82) is 5.26 Å². The highest BCUT2D eigenvalue weighted by Crippen LogP contribution is 2.30. The van der Waals surface area contributed by atoms with Crippen LogP contribution in [0.3, 0.4) is 0 Å². The van der Waals surface area contributed by atoms with Crippen LogP contribution in [-0.4, -0.2) is 29.8 Å². The van der Waals surface area contributed by atoms with E-state index >= 15 is 0 Å². The number of nitrogens with zero attached hydrogens (tertiary/aromatic N) is 3. The Morgan fingerprint density at radius 1 is 1.09 bits per heavy atom. The van der Waals surface area contributed by atoms with Crippen LogP contribution < -0.4 is 14.8 Å². The second-order valence-corrected chi connectivity index (χ2v) is 7.48. The van der Waals surface area contributed by atoms with Crippen molar-refractivity contribution in [2.45, 2.75) is 13.3 Å². The number of allylic oxidation sites excluding steroid dienone is 1. The molecule has 0 spiro atoms. The number of methoxy groups -OCH3 is 2. The van der Waals surface area contributed by atoms with E-state index in [1.807, 2.05) is 49.4 Å². The first-order chi connectivity index (χ1) is 16.6. The van der Waals surface area contributed by atoms with E-state index in [-0.39, 0.29) is 11.4 Å². The molecule has 0 aliphatic rings. The number of benzene rings is 3. The number of rotatable bonds is 6. The predicted molar refractivity (Wildman–Crippen MR) is 133 cm³/mol. The fraction of sp³-hybridized carbons (Fsp3) is 0.148. The van der Waals surface area contributed by atoms with E-state index in [0.29, 0.717) is 28.1 Å². The van der Waals surface area contributed by atoms with Gasteiger partial charge in [0, 0.05) is 11.3 Å². The number of amides is 1. The number of ether oxygens (including phenoxy) is 2. The van der Waals surface area contributed by atoms with Gasteiger partial charge in [0.1, 0.15) is 17.6 Å². The number of anilines is 1. The van der Waals surface area contributed by atoms with Crippen molar-refractivity contribution in [1.82, 2.24) is 9.55 Å². The van der Waals surface area contributed by atoms with Gasteiger partial charge >= 0.3 is 6.03 Å². The average molecular weight is 453 g/mol. The van der Waals surface area contributed by atoms with Crippen LogP contribution in [-0.2, 0) is 6.42 Å². The molecule has 0 fully saturated rings. The SMILES string of the molecule is CCc1ccccc1NC(=O)n1c(/C(C#N)=C/c2cc(OC)ccc2OC)nc2ccccc21. The summed E-state index contributed by atoms with van der Waals surface area (Å²) < 4.78 is 12.2. The topological polar surface area (TPSA) is 89.2 Å². The van der Waals surface area contributed by atoms with Crippen molar-refractivity contribution < 1.29 is 14.3 Å². The molecule has 4 aromatic rings. The van der Waals surface area contributed by atoms with E-state index in [1.165, 1.54) is 4.57 Å². The van der Waals surface area contributed by atoms with Crippen LogP contribution in [0.5, 0.6) is 11.5 Å². The van der Waals surface area contributed by atoms with E-state index in [2.05, 4.69) is 16.4 Å². The van der Waals surface area contributed by atoms with Gasteiger partial charge in [-0.05, 0) is 54.5 Å². The Labute approximate surface area is 197 Å². The molecule has 170 valence electrons. The molecule has 0 radical (unpaired) electrons. The number of carbonyl (C=O) groups is 1. The summed E-state index contributed by atoms with van der Waals surface area (Å²) in [5, 5.41) is 13.0. The molecule has 3 aromatic carbocycles. The molecule has 1 heterocycles. The second-order valence-electron chi connectivity index (χ2n) is 7.48. The third-order valence-corrected chi connectivity index (χ3v) is 5.50. The molecule has 0 atom stereocenters. The Morgan fingerprint density at radius 2 is 1.85 bits per heavy atom. The number of nitriles is 1. The third kappa shape index (κ3) is 4.34.